The van der Waals surface area contributed by atoms with Crippen molar-refractivity contribution >= 4 is 17.3 Å². The van der Waals surface area contributed by atoms with Gasteiger partial charge in [-0.3, -0.25) is 4.79 Å². The van der Waals surface area contributed by atoms with Gasteiger partial charge >= 0.3 is 0 Å². The van der Waals surface area contributed by atoms with Crippen LogP contribution in [0, 0.1) is 5.92 Å². The first-order chi connectivity index (χ1) is 12.2. The molecular weight excluding hydrogens is 348 g/mol. The SMILES string of the molecule is CC(C)=C/C(=C\CNC(=O)CCCCN[S+]([O-])C(C)(C)C)OCC1CC1. The Morgan fingerprint density at radius 2 is 1.96 bits per heavy atom. The minimum absolute atomic E-state index is 0.0388. The lowest BCUT2D eigenvalue weighted by Gasteiger charge is -2.23. The van der Waals surface area contributed by atoms with Crippen LogP contribution in [0.2, 0.25) is 0 Å². The van der Waals surface area contributed by atoms with Crippen LogP contribution in [-0.4, -0.2) is 34.9 Å². The van der Waals surface area contributed by atoms with Crippen LogP contribution in [-0.2, 0) is 20.9 Å². The summed E-state index contributed by atoms with van der Waals surface area (Å²) in [4.78, 5) is 11.9. The molecule has 5 nitrogen and oxygen atoms in total. The van der Waals surface area contributed by atoms with E-state index in [1.165, 1.54) is 18.4 Å². The van der Waals surface area contributed by atoms with Crippen LogP contribution in [0.4, 0.5) is 0 Å². The van der Waals surface area contributed by atoms with Crippen molar-refractivity contribution in [1.82, 2.24) is 10.0 Å². The van der Waals surface area contributed by atoms with Crippen LogP contribution in [0.5, 0.6) is 0 Å². The minimum Gasteiger partial charge on any atom is -0.598 e. The highest BCUT2D eigenvalue weighted by Crippen LogP contribution is 2.29. The third-order valence-electron chi connectivity index (χ3n) is 3.84. The molecule has 1 amide bonds. The average Bonchev–Trinajstić information content (AvgIpc) is 3.34. The van der Waals surface area contributed by atoms with Crippen molar-refractivity contribution in [3.05, 3.63) is 23.5 Å². The fourth-order valence-electron chi connectivity index (χ4n) is 2.09. The zero-order valence-corrected chi connectivity index (χ0v) is 17.8. The fourth-order valence-corrected chi connectivity index (χ4v) is 2.85. The number of nitrogens with one attached hydrogen (secondary N) is 2. The van der Waals surface area contributed by atoms with Crippen molar-refractivity contribution < 1.29 is 14.1 Å². The van der Waals surface area contributed by atoms with Gasteiger partial charge in [0.25, 0.3) is 0 Å². The molecule has 1 fully saturated rings. The Bertz CT molecular complexity index is 490. The van der Waals surface area contributed by atoms with Crippen LogP contribution in [0.3, 0.4) is 0 Å². The Labute approximate surface area is 162 Å². The van der Waals surface area contributed by atoms with E-state index in [-0.39, 0.29) is 10.7 Å². The number of allylic oxidation sites excluding steroid dienone is 2. The molecule has 1 rings (SSSR count). The summed E-state index contributed by atoms with van der Waals surface area (Å²) in [7, 11) is 0. The van der Waals surface area contributed by atoms with E-state index >= 15 is 0 Å². The minimum atomic E-state index is -1.05. The molecule has 0 bridgehead atoms. The first kappa shape index (κ1) is 23.1. The highest BCUT2D eigenvalue weighted by molar-refractivity contribution is 7.90. The lowest BCUT2D eigenvalue weighted by Crippen LogP contribution is -2.39. The number of ether oxygens (including phenoxy) is 1. The molecule has 1 atom stereocenters. The first-order valence-corrected chi connectivity index (χ1v) is 10.7. The molecule has 0 radical (unpaired) electrons. The number of carbonyl (C=O) groups is 1. The monoisotopic (exact) mass is 384 g/mol. The largest absolute Gasteiger partial charge is 0.598 e. The Morgan fingerprint density at radius 3 is 2.54 bits per heavy atom. The third kappa shape index (κ3) is 11.6. The predicted molar refractivity (Wildman–Crippen MR) is 109 cm³/mol. The maximum atomic E-state index is 11.9. The van der Waals surface area contributed by atoms with Gasteiger partial charge in [-0.2, -0.15) is 0 Å². The van der Waals surface area contributed by atoms with Crippen LogP contribution < -0.4 is 10.0 Å². The number of unbranched alkanes of at least 4 members (excludes halogenated alkanes) is 1. The Hall–Kier alpha value is -0.980. The van der Waals surface area contributed by atoms with E-state index in [1.807, 2.05) is 46.8 Å². The van der Waals surface area contributed by atoms with Crippen molar-refractivity contribution in [1.29, 1.82) is 0 Å². The van der Waals surface area contributed by atoms with Gasteiger partial charge < -0.3 is 14.6 Å². The predicted octanol–water partition coefficient (Wildman–Crippen LogP) is 3.60. The topological polar surface area (TPSA) is 73.4 Å². The molecule has 0 heterocycles. The maximum absolute atomic E-state index is 11.9. The Balaban J connectivity index is 2.17. The van der Waals surface area contributed by atoms with Crippen LogP contribution in [0.25, 0.3) is 0 Å². The first-order valence-electron chi connectivity index (χ1n) is 9.58. The molecule has 26 heavy (non-hydrogen) atoms. The highest BCUT2D eigenvalue weighted by atomic mass is 32.2. The molecule has 0 saturated heterocycles. The van der Waals surface area contributed by atoms with Crippen molar-refractivity contribution in [3.63, 3.8) is 0 Å². The molecule has 1 aliphatic carbocycles. The van der Waals surface area contributed by atoms with Gasteiger partial charge in [0.15, 0.2) is 0 Å². The summed E-state index contributed by atoms with van der Waals surface area (Å²) in [6.45, 7) is 11.8. The van der Waals surface area contributed by atoms with E-state index in [2.05, 4.69) is 10.0 Å². The molecule has 6 heteroatoms. The summed E-state index contributed by atoms with van der Waals surface area (Å²) in [5.41, 5.74) is 1.18. The molecule has 0 aromatic carbocycles. The van der Waals surface area contributed by atoms with Crippen LogP contribution >= 0.6 is 0 Å². The molecule has 0 aromatic heterocycles. The van der Waals surface area contributed by atoms with E-state index in [0.717, 1.165) is 25.2 Å². The lowest BCUT2D eigenvalue weighted by molar-refractivity contribution is -0.120. The fraction of sp³-hybridized carbons (Fsp3) is 0.750. The van der Waals surface area contributed by atoms with Crippen molar-refractivity contribution in [2.45, 2.75) is 71.5 Å². The molecule has 150 valence electrons. The zero-order valence-electron chi connectivity index (χ0n) is 17.0. The molecule has 0 spiro atoms. The quantitative estimate of drug-likeness (QED) is 0.233. The van der Waals surface area contributed by atoms with Gasteiger partial charge in [0.2, 0.25) is 5.91 Å². The summed E-state index contributed by atoms with van der Waals surface area (Å²) in [5.74, 6) is 1.59. The van der Waals surface area contributed by atoms with Gasteiger partial charge in [0.1, 0.15) is 10.5 Å². The number of hydrogen-bond donors (Lipinski definition) is 2. The smallest absolute Gasteiger partial charge is 0.220 e. The molecule has 1 saturated carbocycles. The zero-order chi connectivity index (χ0) is 19.6. The van der Waals surface area contributed by atoms with E-state index < -0.39 is 11.4 Å². The summed E-state index contributed by atoms with van der Waals surface area (Å²) in [5, 5.41) is 2.91. The van der Waals surface area contributed by atoms with Crippen LogP contribution in [0.1, 0.15) is 66.7 Å². The summed E-state index contributed by atoms with van der Waals surface area (Å²) in [6, 6.07) is 0. The van der Waals surface area contributed by atoms with Crippen molar-refractivity contribution in [2.24, 2.45) is 5.92 Å². The standard InChI is InChI=1S/C20H36N2O3S/c1-16(2)14-18(25-15-17-9-10-17)11-13-21-19(23)8-6-7-12-22-26(24)20(3,4)5/h11,14,17,22H,6-10,12-13,15H2,1-5H3,(H,21,23)/b18-11+. The molecule has 0 aromatic rings. The summed E-state index contributed by atoms with van der Waals surface area (Å²) < 4.78 is 20.4. The van der Waals surface area contributed by atoms with E-state index in [0.29, 0.717) is 25.4 Å². The Kier molecular flexibility index (Phi) is 10.4. The number of amides is 1. The normalized spacial score (nSPS) is 16.2. The number of carbonyl (C=O) groups excluding carboxylic acids is 1. The van der Waals surface area contributed by atoms with Gasteiger partial charge in [-0.1, -0.05) is 5.57 Å². The molecule has 0 aliphatic heterocycles. The summed E-state index contributed by atoms with van der Waals surface area (Å²) in [6.07, 6.45) is 8.56. The highest BCUT2D eigenvalue weighted by Gasteiger charge is 2.25. The lowest BCUT2D eigenvalue weighted by atomic mass is 10.2. The third-order valence-corrected chi connectivity index (χ3v) is 5.41. The van der Waals surface area contributed by atoms with Gasteiger partial charge in [0, 0.05) is 30.9 Å². The molecule has 1 aliphatic rings. The van der Waals surface area contributed by atoms with E-state index in [1.54, 1.807) is 0 Å². The van der Waals surface area contributed by atoms with E-state index in [4.69, 9.17) is 4.74 Å². The second-order valence-electron chi connectivity index (χ2n) is 8.12. The van der Waals surface area contributed by atoms with Crippen LogP contribution in [0.15, 0.2) is 23.5 Å². The Morgan fingerprint density at radius 1 is 1.27 bits per heavy atom. The van der Waals surface area contributed by atoms with Gasteiger partial charge in [-0.05, 0) is 78.4 Å². The van der Waals surface area contributed by atoms with Crippen molar-refractivity contribution in [3.8, 4) is 0 Å². The van der Waals surface area contributed by atoms with Gasteiger partial charge in [0.05, 0.1) is 6.61 Å². The maximum Gasteiger partial charge on any atom is 0.220 e. The molecule has 1 unspecified atom stereocenters. The van der Waals surface area contributed by atoms with Gasteiger partial charge in [-0.15, -0.1) is 4.72 Å². The second kappa shape index (κ2) is 11.7. The molecular formula is C20H36N2O3S. The number of rotatable bonds is 12. The van der Waals surface area contributed by atoms with Crippen molar-refractivity contribution in [2.75, 3.05) is 19.7 Å². The summed E-state index contributed by atoms with van der Waals surface area (Å²) >= 11 is -1.05. The van der Waals surface area contributed by atoms with E-state index in [9.17, 15) is 9.35 Å². The number of hydrogen-bond acceptors (Lipinski definition) is 4. The average molecular weight is 385 g/mol. The molecule has 2 N–H and O–H groups in total. The van der Waals surface area contributed by atoms with Gasteiger partial charge in [-0.25, -0.2) is 0 Å². The second-order valence-corrected chi connectivity index (χ2v) is 10.2.